The molecule has 1 aromatic carbocycles. The number of rotatable bonds is 1. The molecule has 0 saturated heterocycles. The van der Waals surface area contributed by atoms with E-state index in [2.05, 4.69) is 38.2 Å². The van der Waals surface area contributed by atoms with Crippen molar-refractivity contribution in [1.29, 1.82) is 0 Å². The number of aromatic nitrogens is 2. The Kier molecular flexibility index (Phi) is 2.09. The van der Waals surface area contributed by atoms with Gasteiger partial charge in [-0.15, -0.1) is 0 Å². The molecule has 1 aromatic heterocycles. The highest BCUT2D eigenvalue weighted by Crippen LogP contribution is 2.27. The van der Waals surface area contributed by atoms with Gasteiger partial charge in [0.1, 0.15) is 0 Å². The van der Waals surface area contributed by atoms with E-state index in [9.17, 15) is 0 Å². The van der Waals surface area contributed by atoms with Gasteiger partial charge in [-0.05, 0) is 63.6 Å². The number of benzene rings is 1. The summed E-state index contributed by atoms with van der Waals surface area (Å²) in [6, 6.07) is 6.36. The number of halogens is 1. The van der Waals surface area contributed by atoms with Gasteiger partial charge in [0.25, 0.3) is 5.89 Å². The first kappa shape index (κ1) is 9.09. The summed E-state index contributed by atoms with van der Waals surface area (Å²) in [5, 5.41) is 3.72. The Morgan fingerprint density at radius 2 is 2.07 bits per heavy atom. The molecule has 0 spiro atoms. The van der Waals surface area contributed by atoms with Crippen molar-refractivity contribution in [3.63, 3.8) is 0 Å². The highest BCUT2D eigenvalue weighted by atomic mass is 79.9. The first-order valence-electron chi connectivity index (χ1n) is 4.94. The van der Waals surface area contributed by atoms with Crippen LogP contribution in [0.5, 0.6) is 0 Å². The molecule has 0 aliphatic heterocycles. The van der Waals surface area contributed by atoms with Gasteiger partial charge in [-0.2, -0.15) is 4.98 Å². The van der Waals surface area contributed by atoms with Crippen molar-refractivity contribution in [3.05, 3.63) is 34.1 Å². The Labute approximate surface area is 95.6 Å². The topological polar surface area (TPSA) is 38.9 Å². The standard InChI is InChI=1S/C11H9BrN2O/c12-11-13-10(15-14-11)9-5-4-7-2-1-3-8(7)6-9/h4-6H,1-3H2. The molecule has 0 unspecified atom stereocenters. The number of hydrogen-bond donors (Lipinski definition) is 0. The van der Waals surface area contributed by atoms with Crippen LogP contribution in [0.15, 0.2) is 27.5 Å². The van der Waals surface area contributed by atoms with Gasteiger partial charge in [0.2, 0.25) is 4.73 Å². The van der Waals surface area contributed by atoms with E-state index in [4.69, 9.17) is 4.52 Å². The second-order valence-corrected chi connectivity index (χ2v) is 4.41. The molecule has 4 heteroatoms. The van der Waals surface area contributed by atoms with Gasteiger partial charge in [0, 0.05) is 5.56 Å². The molecule has 0 N–H and O–H groups in total. The molecule has 0 bridgehead atoms. The van der Waals surface area contributed by atoms with E-state index < -0.39 is 0 Å². The Morgan fingerprint density at radius 1 is 1.20 bits per heavy atom. The molecule has 1 aliphatic carbocycles. The Balaban J connectivity index is 2.06. The summed E-state index contributed by atoms with van der Waals surface area (Å²) in [7, 11) is 0. The van der Waals surface area contributed by atoms with E-state index in [1.165, 1.54) is 30.4 Å². The fourth-order valence-corrected chi connectivity index (χ4v) is 2.26. The minimum atomic E-state index is 0.498. The Hall–Kier alpha value is -1.16. The van der Waals surface area contributed by atoms with E-state index in [1.807, 2.05) is 6.07 Å². The molecule has 1 aliphatic rings. The number of nitrogens with zero attached hydrogens (tertiary/aromatic N) is 2. The van der Waals surface area contributed by atoms with Crippen LogP contribution in [-0.4, -0.2) is 10.1 Å². The maximum atomic E-state index is 5.10. The summed E-state index contributed by atoms with van der Waals surface area (Å²) in [6.45, 7) is 0. The van der Waals surface area contributed by atoms with Crippen LogP contribution in [0.4, 0.5) is 0 Å². The predicted molar refractivity (Wildman–Crippen MR) is 59.5 cm³/mol. The lowest BCUT2D eigenvalue weighted by atomic mass is 10.1. The minimum absolute atomic E-state index is 0.498. The third-order valence-corrected chi connectivity index (χ3v) is 3.07. The van der Waals surface area contributed by atoms with Crippen LogP contribution in [0.1, 0.15) is 17.5 Å². The van der Waals surface area contributed by atoms with E-state index in [0.717, 1.165) is 5.56 Å². The number of hydrogen-bond acceptors (Lipinski definition) is 3. The molecule has 0 fully saturated rings. The first-order valence-corrected chi connectivity index (χ1v) is 5.73. The van der Waals surface area contributed by atoms with E-state index >= 15 is 0 Å². The smallest absolute Gasteiger partial charge is 0.258 e. The van der Waals surface area contributed by atoms with Gasteiger partial charge < -0.3 is 4.52 Å². The quantitative estimate of drug-likeness (QED) is 0.795. The lowest BCUT2D eigenvalue weighted by Crippen LogP contribution is -1.84. The molecule has 1 heterocycles. The summed E-state index contributed by atoms with van der Waals surface area (Å²) in [6.07, 6.45) is 3.62. The fourth-order valence-electron chi connectivity index (χ4n) is 2.03. The fraction of sp³-hybridized carbons (Fsp3) is 0.273. The molecular weight excluding hydrogens is 256 g/mol. The number of aryl methyl sites for hydroxylation is 2. The molecule has 3 nitrogen and oxygen atoms in total. The molecule has 3 rings (SSSR count). The van der Waals surface area contributed by atoms with Crippen LogP contribution in [0.25, 0.3) is 11.5 Å². The lowest BCUT2D eigenvalue weighted by molar-refractivity contribution is 0.426. The van der Waals surface area contributed by atoms with Crippen LogP contribution >= 0.6 is 15.9 Å². The molecule has 2 aromatic rings. The molecule has 76 valence electrons. The summed E-state index contributed by atoms with van der Waals surface area (Å²) in [4.78, 5) is 4.15. The van der Waals surface area contributed by atoms with Gasteiger partial charge in [-0.3, -0.25) is 0 Å². The zero-order chi connectivity index (χ0) is 10.3. The normalized spacial score (nSPS) is 14.2. The number of fused-ring (bicyclic) bond motifs is 1. The van der Waals surface area contributed by atoms with Crippen molar-refractivity contribution in [1.82, 2.24) is 10.1 Å². The molecule has 15 heavy (non-hydrogen) atoms. The Morgan fingerprint density at radius 3 is 2.87 bits per heavy atom. The molecule has 0 atom stereocenters. The zero-order valence-electron chi connectivity index (χ0n) is 8.03. The van der Waals surface area contributed by atoms with Crippen molar-refractivity contribution in [3.8, 4) is 11.5 Å². The van der Waals surface area contributed by atoms with Gasteiger partial charge in [-0.1, -0.05) is 6.07 Å². The van der Waals surface area contributed by atoms with Gasteiger partial charge in [0.05, 0.1) is 0 Å². The zero-order valence-corrected chi connectivity index (χ0v) is 9.62. The summed E-state index contributed by atoms with van der Waals surface area (Å²) < 4.78 is 5.60. The van der Waals surface area contributed by atoms with Crippen LogP contribution < -0.4 is 0 Å². The van der Waals surface area contributed by atoms with Crippen LogP contribution in [0.3, 0.4) is 0 Å². The van der Waals surface area contributed by atoms with Gasteiger partial charge in [0.15, 0.2) is 0 Å². The van der Waals surface area contributed by atoms with Crippen LogP contribution in [-0.2, 0) is 12.8 Å². The minimum Gasteiger partial charge on any atom is -0.333 e. The maximum Gasteiger partial charge on any atom is 0.258 e. The van der Waals surface area contributed by atoms with Crippen molar-refractivity contribution in [2.24, 2.45) is 0 Å². The lowest BCUT2D eigenvalue weighted by Gasteiger charge is -2.00. The third-order valence-electron chi connectivity index (χ3n) is 2.75. The van der Waals surface area contributed by atoms with Crippen molar-refractivity contribution in [2.45, 2.75) is 19.3 Å². The first-order chi connectivity index (χ1) is 7.33. The summed E-state index contributed by atoms with van der Waals surface area (Å²) in [5.74, 6) is 0.580. The highest BCUT2D eigenvalue weighted by molar-refractivity contribution is 9.10. The molecule has 0 radical (unpaired) electrons. The van der Waals surface area contributed by atoms with Gasteiger partial charge in [-0.25, -0.2) is 0 Å². The van der Waals surface area contributed by atoms with E-state index in [-0.39, 0.29) is 0 Å². The average molecular weight is 265 g/mol. The van der Waals surface area contributed by atoms with E-state index in [1.54, 1.807) is 0 Å². The second kappa shape index (κ2) is 3.45. The van der Waals surface area contributed by atoms with Crippen molar-refractivity contribution < 1.29 is 4.52 Å². The van der Waals surface area contributed by atoms with Crippen LogP contribution in [0.2, 0.25) is 0 Å². The third kappa shape index (κ3) is 1.59. The Bertz CT molecular complexity index is 507. The SMILES string of the molecule is Brc1noc(-c2ccc3c(c2)CCC3)n1. The van der Waals surface area contributed by atoms with Crippen molar-refractivity contribution in [2.75, 3.05) is 0 Å². The largest absolute Gasteiger partial charge is 0.333 e. The van der Waals surface area contributed by atoms with Crippen molar-refractivity contribution >= 4 is 15.9 Å². The highest BCUT2D eigenvalue weighted by Gasteiger charge is 2.13. The van der Waals surface area contributed by atoms with E-state index in [0.29, 0.717) is 10.6 Å². The predicted octanol–water partition coefficient (Wildman–Crippen LogP) is 2.99. The summed E-state index contributed by atoms with van der Waals surface area (Å²) >= 11 is 3.18. The maximum absolute atomic E-state index is 5.10. The molecule has 0 amide bonds. The van der Waals surface area contributed by atoms with Gasteiger partial charge >= 0.3 is 0 Å². The monoisotopic (exact) mass is 264 g/mol. The van der Waals surface area contributed by atoms with Crippen LogP contribution in [0, 0.1) is 0 Å². The average Bonchev–Trinajstić information content (AvgIpc) is 2.84. The second-order valence-electron chi connectivity index (χ2n) is 3.71. The molecular formula is C11H9BrN2O. The molecule has 0 saturated carbocycles. The summed E-state index contributed by atoms with van der Waals surface area (Å²) in [5.41, 5.74) is 3.88.